The topological polar surface area (TPSA) is 35.5 Å². The maximum Gasteiger partial charge on any atom is 0.0552 e. The highest BCUT2D eigenvalue weighted by atomic mass is 16.3. The zero-order valence-electron chi connectivity index (χ0n) is 11.4. The van der Waals surface area contributed by atoms with Crippen LogP contribution in [0.2, 0.25) is 0 Å². The second-order valence-electron chi connectivity index (χ2n) is 5.90. The van der Waals surface area contributed by atoms with Gasteiger partial charge < -0.3 is 15.3 Å². The van der Waals surface area contributed by atoms with Crippen LogP contribution in [0, 0.1) is 11.8 Å². The van der Waals surface area contributed by atoms with E-state index in [1.807, 2.05) is 6.92 Å². The molecule has 2 rings (SSSR count). The van der Waals surface area contributed by atoms with Gasteiger partial charge in [0.25, 0.3) is 0 Å². The van der Waals surface area contributed by atoms with E-state index in [9.17, 15) is 5.11 Å². The summed E-state index contributed by atoms with van der Waals surface area (Å²) < 4.78 is 0. The zero-order valence-corrected chi connectivity index (χ0v) is 11.4. The Bertz CT molecular complexity index is 232. The highest BCUT2D eigenvalue weighted by Gasteiger charge is 2.32. The first-order chi connectivity index (χ1) is 8.20. The van der Waals surface area contributed by atoms with Gasteiger partial charge in [-0.2, -0.15) is 0 Å². The third kappa shape index (κ3) is 3.43. The van der Waals surface area contributed by atoms with Crippen LogP contribution in [0.25, 0.3) is 0 Å². The van der Waals surface area contributed by atoms with Gasteiger partial charge in [0, 0.05) is 19.1 Å². The summed E-state index contributed by atoms with van der Waals surface area (Å²) in [6, 6.07) is 0.741. The lowest BCUT2D eigenvalue weighted by atomic mass is 10.0. The van der Waals surface area contributed by atoms with Gasteiger partial charge in [0.2, 0.25) is 0 Å². The van der Waals surface area contributed by atoms with Gasteiger partial charge in [-0.15, -0.1) is 0 Å². The summed E-state index contributed by atoms with van der Waals surface area (Å²) in [6.45, 7) is 8.76. The van der Waals surface area contributed by atoms with Crippen LogP contribution in [-0.2, 0) is 0 Å². The minimum atomic E-state index is -0.131. The molecule has 3 nitrogen and oxygen atoms in total. The Kier molecular flexibility index (Phi) is 4.83. The maximum absolute atomic E-state index is 9.63. The van der Waals surface area contributed by atoms with Gasteiger partial charge in [-0.05, 0) is 51.1 Å². The van der Waals surface area contributed by atoms with E-state index in [1.54, 1.807) is 0 Å². The lowest BCUT2D eigenvalue weighted by molar-refractivity contribution is 0.125. The molecule has 1 aliphatic carbocycles. The second-order valence-corrected chi connectivity index (χ2v) is 5.90. The molecule has 0 aromatic heterocycles. The molecule has 2 N–H and O–H groups in total. The van der Waals surface area contributed by atoms with Gasteiger partial charge in [-0.1, -0.05) is 13.3 Å². The number of aliphatic hydroxyl groups excluding tert-OH is 1. The van der Waals surface area contributed by atoms with Crippen LogP contribution < -0.4 is 5.32 Å². The summed E-state index contributed by atoms with van der Waals surface area (Å²) in [6.07, 6.45) is 5.17. The SMILES string of the molecule is CCNC1CCCC1CN1CCC(C(C)O)C1. The largest absolute Gasteiger partial charge is 0.393 e. The van der Waals surface area contributed by atoms with Crippen molar-refractivity contribution in [3.63, 3.8) is 0 Å². The molecule has 4 unspecified atom stereocenters. The van der Waals surface area contributed by atoms with Crippen LogP contribution in [0.15, 0.2) is 0 Å². The molecule has 0 aromatic carbocycles. The van der Waals surface area contributed by atoms with Crippen LogP contribution in [0.4, 0.5) is 0 Å². The Hall–Kier alpha value is -0.120. The van der Waals surface area contributed by atoms with Gasteiger partial charge in [0.1, 0.15) is 0 Å². The number of hydrogen-bond acceptors (Lipinski definition) is 3. The molecule has 0 aromatic rings. The van der Waals surface area contributed by atoms with E-state index >= 15 is 0 Å². The third-order valence-corrected chi connectivity index (χ3v) is 4.61. The maximum atomic E-state index is 9.63. The first-order valence-corrected chi connectivity index (χ1v) is 7.34. The van der Waals surface area contributed by atoms with Gasteiger partial charge >= 0.3 is 0 Å². The fourth-order valence-corrected chi connectivity index (χ4v) is 3.54. The molecule has 1 saturated heterocycles. The van der Waals surface area contributed by atoms with Gasteiger partial charge in [-0.3, -0.25) is 0 Å². The van der Waals surface area contributed by atoms with Crippen molar-refractivity contribution in [3.8, 4) is 0 Å². The average Bonchev–Trinajstić information content (AvgIpc) is 2.90. The molecule has 0 spiro atoms. The second kappa shape index (κ2) is 6.17. The van der Waals surface area contributed by atoms with Crippen LogP contribution in [0.3, 0.4) is 0 Å². The Balaban J connectivity index is 1.77. The Morgan fingerprint density at radius 2 is 2.18 bits per heavy atom. The van der Waals surface area contributed by atoms with Crippen molar-refractivity contribution in [2.24, 2.45) is 11.8 Å². The van der Waals surface area contributed by atoms with Gasteiger partial charge in [0.15, 0.2) is 0 Å². The monoisotopic (exact) mass is 240 g/mol. The molecule has 4 atom stereocenters. The van der Waals surface area contributed by atoms with Crippen molar-refractivity contribution in [3.05, 3.63) is 0 Å². The molecule has 0 bridgehead atoms. The minimum absolute atomic E-state index is 0.131. The van der Waals surface area contributed by atoms with E-state index in [0.29, 0.717) is 5.92 Å². The standard InChI is InChI=1S/C14H28N2O/c1-3-15-14-6-4-5-13(14)10-16-8-7-12(9-16)11(2)17/h11-15,17H,3-10H2,1-2H3. The molecule has 2 fully saturated rings. The Morgan fingerprint density at radius 1 is 1.35 bits per heavy atom. The molecule has 0 radical (unpaired) electrons. The van der Waals surface area contributed by atoms with Crippen molar-refractivity contribution < 1.29 is 5.11 Å². The van der Waals surface area contributed by atoms with Gasteiger partial charge in [0.05, 0.1) is 6.10 Å². The van der Waals surface area contributed by atoms with Crippen LogP contribution in [0.5, 0.6) is 0 Å². The third-order valence-electron chi connectivity index (χ3n) is 4.61. The summed E-state index contributed by atoms with van der Waals surface area (Å²) in [5.41, 5.74) is 0. The summed E-state index contributed by atoms with van der Waals surface area (Å²) in [7, 11) is 0. The van der Waals surface area contributed by atoms with Crippen LogP contribution in [-0.4, -0.2) is 48.3 Å². The molecule has 1 heterocycles. The fourth-order valence-electron chi connectivity index (χ4n) is 3.54. The minimum Gasteiger partial charge on any atom is -0.393 e. The van der Waals surface area contributed by atoms with Crippen LogP contribution in [0.1, 0.15) is 39.5 Å². The fraction of sp³-hybridized carbons (Fsp3) is 1.00. The zero-order chi connectivity index (χ0) is 12.3. The van der Waals surface area contributed by atoms with E-state index in [4.69, 9.17) is 0 Å². The number of nitrogens with zero attached hydrogens (tertiary/aromatic N) is 1. The highest BCUT2D eigenvalue weighted by molar-refractivity contribution is 4.87. The molecule has 3 heteroatoms. The number of nitrogens with one attached hydrogen (secondary N) is 1. The number of rotatable bonds is 5. The molecule has 1 aliphatic heterocycles. The average molecular weight is 240 g/mol. The predicted octanol–water partition coefficient (Wildman–Crippen LogP) is 1.47. The van der Waals surface area contributed by atoms with E-state index < -0.39 is 0 Å². The van der Waals surface area contributed by atoms with Crippen molar-refractivity contribution in [1.82, 2.24) is 10.2 Å². The van der Waals surface area contributed by atoms with Crippen molar-refractivity contribution >= 4 is 0 Å². The van der Waals surface area contributed by atoms with Crippen molar-refractivity contribution in [2.45, 2.75) is 51.7 Å². The van der Waals surface area contributed by atoms with E-state index in [0.717, 1.165) is 25.0 Å². The smallest absolute Gasteiger partial charge is 0.0552 e. The Morgan fingerprint density at radius 3 is 2.82 bits per heavy atom. The first kappa shape index (κ1) is 13.3. The molecule has 0 amide bonds. The number of aliphatic hydroxyl groups is 1. The summed E-state index contributed by atoms with van der Waals surface area (Å²) in [5.74, 6) is 1.34. The molecule has 100 valence electrons. The highest BCUT2D eigenvalue weighted by Crippen LogP contribution is 2.29. The van der Waals surface area contributed by atoms with E-state index in [-0.39, 0.29) is 6.10 Å². The lowest BCUT2D eigenvalue weighted by Crippen LogP contribution is -2.39. The predicted molar refractivity (Wildman–Crippen MR) is 71.0 cm³/mol. The first-order valence-electron chi connectivity index (χ1n) is 7.34. The lowest BCUT2D eigenvalue weighted by Gasteiger charge is -2.26. The quantitative estimate of drug-likeness (QED) is 0.764. The number of likely N-dealkylation sites (tertiary alicyclic amines) is 1. The summed E-state index contributed by atoms with van der Waals surface area (Å²) in [4.78, 5) is 2.57. The van der Waals surface area contributed by atoms with Crippen molar-refractivity contribution in [2.75, 3.05) is 26.2 Å². The van der Waals surface area contributed by atoms with Crippen LogP contribution >= 0.6 is 0 Å². The number of hydrogen-bond donors (Lipinski definition) is 2. The molecule has 1 saturated carbocycles. The van der Waals surface area contributed by atoms with Crippen molar-refractivity contribution in [1.29, 1.82) is 0 Å². The molecule has 17 heavy (non-hydrogen) atoms. The summed E-state index contributed by atoms with van der Waals surface area (Å²) in [5, 5.41) is 13.3. The van der Waals surface area contributed by atoms with Gasteiger partial charge in [-0.25, -0.2) is 0 Å². The van der Waals surface area contributed by atoms with E-state index in [1.165, 1.54) is 38.8 Å². The normalized spacial score (nSPS) is 36.5. The van der Waals surface area contributed by atoms with E-state index in [2.05, 4.69) is 17.1 Å². The Labute approximate surface area is 106 Å². The molecular weight excluding hydrogens is 212 g/mol. The molecular formula is C14H28N2O. The molecule has 2 aliphatic rings. The summed E-state index contributed by atoms with van der Waals surface area (Å²) >= 11 is 0.